The molecule has 0 fully saturated rings. The molecule has 1 N–H and O–H groups in total. The van der Waals surface area contributed by atoms with Gasteiger partial charge in [-0.1, -0.05) is 12.1 Å². The summed E-state index contributed by atoms with van der Waals surface area (Å²) < 4.78 is 1.15. The number of carbonyl (C=O) groups is 2. The predicted octanol–water partition coefficient (Wildman–Crippen LogP) is 3.85. The van der Waals surface area contributed by atoms with Crippen LogP contribution in [0.5, 0.6) is 0 Å². The van der Waals surface area contributed by atoms with Gasteiger partial charge in [0.2, 0.25) is 5.91 Å². The Morgan fingerprint density at radius 2 is 1.72 bits per heavy atom. The van der Waals surface area contributed by atoms with Crippen molar-refractivity contribution in [2.24, 2.45) is 0 Å². The molecule has 0 radical (unpaired) electrons. The van der Waals surface area contributed by atoms with Crippen molar-refractivity contribution in [2.75, 3.05) is 32.0 Å². The van der Waals surface area contributed by atoms with E-state index in [4.69, 9.17) is 0 Å². The third kappa shape index (κ3) is 5.40. The van der Waals surface area contributed by atoms with Crippen LogP contribution in [0.4, 0.5) is 5.69 Å². The van der Waals surface area contributed by atoms with Gasteiger partial charge in [0, 0.05) is 24.3 Å². The first kappa shape index (κ1) is 21.0. The summed E-state index contributed by atoms with van der Waals surface area (Å²) in [5.41, 5.74) is 2.30. The third-order valence-corrected chi connectivity index (χ3v) is 5.64. The van der Waals surface area contributed by atoms with Gasteiger partial charge in [-0.25, -0.2) is 4.98 Å². The smallest absolute Gasteiger partial charge is 0.253 e. The monoisotopic (exact) mass is 410 g/mol. The van der Waals surface area contributed by atoms with E-state index in [0.29, 0.717) is 30.9 Å². The molecule has 152 valence electrons. The molecular formula is C22H26N4O2S. The molecule has 1 aromatic heterocycles. The molecule has 2 aromatic carbocycles. The fourth-order valence-electron chi connectivity index (χ4n) is 3.11. The second-order valence-corrected chi connectivity index (χ2v) is 7.97. The zero-order chi connectivity index (χ0) is 20.8. The highest BCUT2D eigenvalue weighted by Gasteiger charge is 2.13. The maximum absolute atomic E-state index is 12.4. The Bertz CT molecular complexity index is 947. The standard InChI is InChI=1S/C22H26N4O2S/c1-4-26(5-2)22(28)16-10-12-17(13-11-16)23-20(27)14-25(3)15-21-24-18-8-6-7-9-19(18)29-21/h6-13H,4-5,14-15H2,1-3H3,(H,23,27). The van der Waals surface area contributed by atoms with Crippen molar-refractivity contribution in [1.29, 1.82) is 0 Å². The van der Waals surface area contributed by atoms with Crippen LogP contribution in [-0.2, 0) is 11.3 Å². The topological polar surface area (TPSA) is 65.5 Å². The summed E-state index contributed by atoms with van der Waals surface area (Å²) in [5, 5.41) is 3.87. The van der Waals surface area contributed by atoms with Crippen molar-refractivity contribution in [3.63, 3.8) is 0 Å². The van der Waals surface area contributed by atoms with E-state index in [-0.39, 0.29) is 18.4 Å². The number of hydrogen-bond acceptors (Lipinski definition) is 5. The van der Waals surface area contributed by atoms with Crippen LogP contribution in [0.25, 0.3) is 10.2 Å². The van der Waals surface area contributed by atoms with Gasteiger partial charge < -0.3 is 10.2 Å². The van der Waals surface area contributed by atoms with Crippen LogP contribution in [0.1, 0.15) is 29.2 Å². The molecule has 0 aliphatic rings. The Hall–Kier alpha value is -2.77. The SMILES string of the molecule is CCN(CC)C(=O)c1ccc(NC(=O)CN(C)Cc2nc3ccccc3s2)cc1. The molecule has 0 saturated heterocycles. The highest BCUT2D eigenvalue weighted by Crippen LogP contribution is 2.22. The number of benzene rings is 2. The second kappa shape index (κ2) is 9.62. The van der Waals surface area contributed by atoms with E-state index in [1.807, 2.05) is 44.0 Å². The minimum Gasteiger partial charge on any atom is -0.339 e. The molecule has 6 nitrogen and oxygen atoms in total. The number of hydrogen-bond donors (Lipinski definition) is 1. The van der Waals surface area contributed by atoms with Gasteiger partial charge in [-0.2, -0.15) is 0 Å². The number of aromatic nitrogens is 1. The zero-order valence-corrected chi connectivity index (χ0v) is 17.8. The minimum atomic E-state index is -0.101. The van der Waals surface area contributed by atoms with E-state index in [9.17, 15) is 9.59 Å². The van der Waals surface area contributed by atoms with Gasteiger partial charge >= 0.3 is 0 Å². The van der Waals surface area contributed by atoms with E-state index in [0.717, 1.165) is 15.2 Å². The molecule has 0 atom stereocenters. The molecule has 1 heterocycles. The van der Waals surface area contributed by atoms with Crippen molar-refractivity contribution in [2.45, 2.75) is 20.4 Å². The maximum Gasteiger partial charge on any atom is 0.253 e. The molecule has 0 aliphatic carbocycles. The molecule has 0 saturated carbocycles. The number of amides is 2. The quantitative estimate of drug-likeness (QED) is 0.613. The van der Waals surface area contributed by atoms with Crippen LogP contribution >= 0.6 is 11.3 Å². The number of anilines is 1. The normalized spacial score (nSPS) is 11.0. The summed E-state index contributed by atoms with van der Waals surface area (Å²) >= 11 is 1.65. The maximum atomic E-state index is 12.4. The summed E-state index contributed by atoms with van der Waals surface area (Å²) in [4.78, 5) is 33.0. The van der Waals surface area contributed by atoms with Gasteiger partial charge in [0.05, 0.1) is 23.3 Å². The fraction of sp³-hybridized carbons (Fsp3) is 0.318. The molecule has 0 unspecified atom stereocenters. The summed E-state index contributed by atoms with van der Waals surface area (Å²) in [6.07, 6.45) is 0. The molecule has 0 bridgehead atoms. The van der Waals surface area contributed by atoms with Crippen LogP contribution in [0.3, 0.4) is 0 Å². The van der Waals surface area contributed by atoms with E-state index < -0.39 is 0 Å². The summed E-state index contributed by atoms with van der Waals surface area (Å²) in [5.74, 6) is -0.0973. The van der Waals surface area contributed by atoms with E-state index in [1.54, 1.807) is 40.5 Å². The Labute approximate surface area is 175 Å². The van der Waals surface area contributed by atoms with E-state index in [2.05, 4.69) is 16.4 Å². The van der Waals surface area contributed by atoms with Gasteiger partial charge in [-0.05, 0) is 57.3 Å². The predicted molar refractivity (Wildman–Crippen MR) is 118 cm³/mol. The Balaban J connectivity index is 1.53. The van der Waals surface area contributed by atoms with Crippen LogP contribution < -0.4 is 5.32 Å². The largest absolute Gasteiger partial charge is 0.339 e. The van der Waals surface area contributed by atoms with Crippen molar-refractivity contribution in [3.05, 3.63) is 59.1 Å². The number of fused-ring (bicyclic) bond motifs is 1. The van der Waals surface area contributed by atoms with Gasteiger partial charge in [0.25, 0.3) is 5.91 Å². The number of thiazole rings is 1. The number of nitrogens with one attached hydrogen (secondary N) is 1. The molecule has 2 amide bonds. The summed E-state index contributed by atoms with van der Waals surface area (Å²) in [6, 6.07) is 15.1. The third-order valence-electron chi connectivity index (χ3n) is 4.62. The van der Waals surface area contributed by atoms with Crippen molar-refractivity contribution in [3.8, 4) is 0 Å². The van der Waals surface area contributed by atoms with Crippen LogP contribution in [0.2, 0.25) is 0 Å². The molecule has 7 heteroatoms. The summed E-state index contributed by atoms with van der Waals surface area (Å²) in [7, 11) is 1.90. The summed E-state index contributed by atoms with van der Waals surface area (Å²) in [6.45, 7) is 6.14. The van der Waals surface area contributed by atoms with Crippen LogP contribution in [0, 0.1) is 0 Å². The number of rotatable bonds is 8. The van der Waals surface area contributed by atoms with Crippen LogP contribution in [0.15, 0.2) is 48.5 Å². The lowest BCUT2D eigenvalue weighted by Crippen LogP contribution is -2.30. The lowest BCUT2D eigenvalue weighted by Gasteiger charge is -2.19. The molecular weight excluding hydrogens is 384 g/mol. The molecule has 0 spiro atoms. The number of likely N-dealkylation sites (N-methyl/N-ethyl adjacent to an activating group) is 1. The number of carbonyl (C=O) groups excluding carboxylic acids is 2. The van der Waals surface area contributed by atoms with Crippen molar-refractivity contribution >= 4 is 39.1 Å². The second-order valence-electron chi connectivity index (χ2n) is 6.85. The van der Waals surface area contributed by atoms with Gasteiger partial charge in [-0.3, -0.25) is 14.5 Å². The van der Waals surface area contributed by atoms with Crippen molar-refractivity contribution in [1.82, 2.24) is 14.8 Å². The highest BCUT2D eigenvalue weighted by atomic mass is 32.1. The first-order valence-electron chi connectivity index (χ1n) is 9.72. The number of para-hydroxylation sites is 1. The Morgan fingerprint density at radius 1 is 1.03 bits per heavy atom. The fourth-order valence-corrected chi connectivity index (χ4v) is 4.16. The average molecular weight is 411 g/mol. The zero-order valence-electron chi connectivity index (χ0n) is 17.0. The van der Waals surface area contributed by atoms with E-state index >= 15 is 0 Å². The van der Waals surface area contributed by atoms with Crippen LogP contribution in [-0.4, -0.2) is 53.3 Å². The first-order valence-corrected chi connectivity index (χ1v) is 10.5. The minimum absolute atomic E-state index is 0.00319. The van der Waals surface area contributed by atoms with Gasteiger partial charge in [0.15, 0.2) is 0 Å². The lowest BCUT2D eigenvalue weighted by atomic mass is 10.1. The molecule has 29 heavy (non-hydrogen) atoms. The average Bonchev–Trinajstić information content (AvgIpc) is 3.11. The van der Waals surface area contributed by atoms with Crippen molar-refractivity contribution < 1.29 is 9.59 Å². The lowest BCUT2D eigenvalue weighted by molar-refractivity contribution is -0.117. The highest BCUT2D eigenvalue weighted by molar-refractivity contribution is 7.18. The van der Waals surface area contributed by atoms with Gasteiger partial charge in [-0.15, -0.1) is 11.3 Å². The van der Waals surface area contributed by atoms with Gasteiger partial charge in [0.1, 0.15) is 5.01 Å². The molecule has 0 aliphatic heterocycles. The Morgan fingerprint density at radius 3 is 2.38 bits per heavy atom. The molecule has 3 rings (SSSR count). The Kier molecular flexibility index (Phi) is 6.95. The molecule has 3 aromatic rings. The number of nitrogens with zero attached hydrogens (tertiary/aromatic N) is 3. The first-order chi connectivity index (χ1) is 14.0. The van der Waals surface area contributed by atoms with E-state index in [1.165, 1.54) is 0 Å².